The molecule has 5 heteroatoms. The Hall–Kier alpha value is -2.24. The van der Waals surface area contributed by atoms with E-state index in [1.54, 1.807) is 7.11 Å². The molecule has 0 radical (unpaired) electrons. The number of rotatable bonds is 7. The zero-order valence-electron chi connectivity index (χ0n) is 15.6. The SMILES string of the molecule is COc1ccc(N2CCN(C[C@H](O)COc3ccc(C)cc3)CC2)cc1. The number of aliphatic hydroxyl groups is 1. The maximum Gasteiger partial charge on any atom is 0.119 e. The van der Waals surface area contributed by atoms with Crippen LogP contribution in [0.2, 0.25) is 0 Å². The average Bonchev–Trinajstić information content (AvgIpc) is 2.68. The highest BCUT2D eigenvalue weighted by molar-refractivity contribution is 5.49. The molecule has 0 bridgehead atoms. The van der Waals surface area contributed by atoms with Crippen molar-refractivity contribution < 1.29 is 14.6 Å². The molecule has 1 saturated heterocycles. The third-order valence-corrected chi connectivity index (χ3v) is 4.74. The van der Waals surface area contributed by atoms with Crippen LogP contribution in [0.3, 0.4) is 0 Å². The fourth-order valence-electron chi connectivity index (χ4n) is 3.16. The normalized spacial score (nSPS) is 16.3. The van der Waals surface area contributed by atoms with Crippen LogP contribution in [-0.4, -0.2) is 62.6 Å². The molecule has 0 amide bonds. The summed E-state index contributed by atoms with van der Waals surface area (Å²) in [4.78, 5) is 4.66. The topological polar surface area (TPSA) is 45.2 Å². The van der Waals surface area contributed by atoms with Gasteiger partial charge in [-0.15, -0.1) is 0 Å². The molecule has 1 aliphatic heterocycles. The zero-order valence-corrected chi connectivity index (χ0v) is 15.6. The number of aryl methyl sites for hydroxylation is 1. The van der Waals surface area contributed by atoms with Crippen molar-refractivity contribution in [2.45, 2.75) is 13.0 Å². The van der Waals surface area contributed by atoms with Crippen molar-refractivity contribution in [2.24, 2.45) is 0 Å². The van der Waals surface area contributed by atoms with Gasteiger partial charge in [0.05, 0.1) is 7.11 Å². The molecule has 26 heavy (non-hydrogen) atoms. The van der Waals surface area contributed by atoms with Gasteiger partial charge in [0.25, 0.3) is 0 Å². The molecule has 2 aromatic rings. The Morgan fingerprint density at radius 3 is 2.15 bits per heavy atom. The predicted molar refractivity (Wildman–Crippen MR) is 104 cm³/mol. The van der Waals surface area contributed by atoms with Gasteiger partial charge in [0.2, 0.25) is 0 Å². The largest absolute Gasteiger partial charge is 0.497 e. The van der Waals surface area contributed by atoms with Crippen molar-refractivity contribution in [1.82, 2.24) is 4.90 Å². The average molecular weight is 356 g/mol. The number of β-amino-alcohol motifs (C(OH)–C–C–N with tert-alkyl or cyclic N) is 1. The Balaban J connectivity index is 1.40. The smallest absolute Gasteiger partial charge is 0.119 e. The number of hydrogen-bond donors (Lipinski definition) is 1. The van der Waals surface area contributed by atoms with Gasteiger partial charge >= 0.3 is 0 Å². The molecule has 0 spiro atoms. The zero-order chi connectivity index (χ0) is 18.4. The van der Waals surface area contributed by atoms with Gasteiger partial charge in [0, 0.05) is 38.4 Å². The number of ether oxygens (including phenoxy) is 2. The lowest BCUT2D eigenvalue weighted by Gasteiger charge is -2.36. The van der Waals surface area contributed by atoms with Crippen molar-refractivity contribution in [3.63, 3.8) is 0 Å². The van der Waals surface area contributed by atoms with Gasteiger partial charge < -0.3 is 19.5 Å². The first-order valence-corrected chi connectivity index (χ1v) is 9.13. The summed E-state index contributed by atoms with van der Waals surface area (Å²) < 4.78 is 10.9. The summed E-state index contributed by atoms with van der Waals surface area (Å²) in [6.07, 6.45) is -0.483. The molecule has 2 aromatic carbocycles. The number of nitrogens with zero attached hydrogens (tertiary/aromatic N) is 2. The molecule has 0 saturated carbocycles. The summed E-state index contributed by atoms with van der Waals surface area (Å²) in [5, 5.41) is 10.3. The molecule has 1 aliphatic rings. The summed E-state index contributed by atoms with van der Waals surface area (Å²) in [5.74, 6) is 1.68. The second-order valence-corrected chi connectivity index (χ2v) is 6.76. The lowest BCUT2D eigenvalue weighted by molar-refractivity contribution is 0.0663. The van der Waals surface area contributed by atoms with Crippen LogP contribution in [0.15, 0.2) is 48.5 Å². The fourth-order valence-corrected chi connectivity index (χ4v) is 3.16. The van der Waals surface area contributed by atoms with Crippen LogP contribution >= 0.6 is 0 Å². The van der Waals surface area contributed by atoms with E-state index in [1.807, 2.05) is 43.3 Å². The summed E-state index contributed by atoms with van der Waals surface area (Å²) in [6.45, 7) is 6.80. The molecule has 5 nitrogen and oxygen atoms in total. The molecular weight excluding hydrogens is 328 g/mol. The van der Waals surface area contributed by atoms with Gasteiger partial charge in [0.1, 0.15) is 24.2 Å². The Kier molecular flexibility index (Phi) is 6.36. The van der Waals surface area contributed by atoms with E-state index in [2.05, 4.69) is 21.9 Å². The quantitative estimate of drug-likeness (QED) is 0.826. The lowest BCUT2D eigenvalue weighted by Crippen LogP contribution is -2.49. The molecule has 0 aliphatic carbocycles. The molecular formula is C21H28N2O3. The minimum absolute atomic E-state index is 0.321. The van der Waals surface area contributed by atoms with Gasteiger partial charge in [-0.2, -0.15) is 0 Å². The maximum absolute atomic E-state index is 10.3. The Labute approximate surface area is 155 Å². The number of anilines is 1. The van der Waals surface area contributed by atoms with Crippen LogP contribution in [0.5, 0.6) is 11.5 Å². The number of hydrogen-bond acceptors (Lipinski definition) is 5. The van der Waals surface area contributed by atoms with E-state index in [-0.39, 0.29) is 0 Å². The number of benzene rings is 2. The van der Waals surface area contributed by atoms with E-state index in [0.29, 0.717) is 13.2 Å². The molecule has 0 aromatic heterocycles. The Morgan fingerprint density at radius 1 is 0.923 bits per heavy atom. The van der Waals surface area contributed by atoms with E-state index in [0.717, 1.165) is 37.7 Å². The number of piperazine rings is 1. The van der Waals surface area contributed by atoms with Crippen molar-refractivity contribution in [1.29, 1.82) is 0 Å². The van der Waals surface area contributed by atoms with Crippen LogP contribution in [-0.2, 0) is 0 Å². The summed E-state index contributed by atoms with van der Waals surface area (Å²) in [6, 6.07) is 16.1. The van der Waals surface area contributed by atoms with Crippen LogP contribution in [0.25, 0.3) is 0 Å². The van der Waals surface area contributed by atoms with Gasteiger partial charge in [-0.25, -0.2) is 0 Å². The Morgan fingerprint density at radius 2 is 1.54 bits per heavy atom. The maximum atomic E-state index is 10.3. The van der Waals surface area contributed by atoms with Crippen molar-refractivity contribution in [3.8, 4) is 11.5 Å². The molecule has 0 unspecified atom stereocenters. The first-order valence-electron chi connectivity index (χ1n) is 9.13. The van der Waals surface area contributed by atoms with Gasteiger partial charge in [-0.3, -0.25) is 4.90 Å². The first-order chi connectivity index (χ1) is 12.6. The summed E-state index contributed by atoms with van der Waals surface area (Å²) >= 11 is 0. The Bertz CT molecular complexity index is 665. The third-order valence-electron chi connectivity index (χ3n) is 4.74. The van der Waals surface area contributed by atoms with Gasteiger partial charge in [-0.05, 0) is 43.3 Å². The summed E-state index contributed by atoms with van der Waals surface area (Å²) in [5.41, 5.74) is 2.42. The standard InChI is InChI=1S/C21H28N2O3/c1-17-3-7-21(8-4-17)26-16-19(24)15-22-11-13-23(14-12-22)18-5-9-20(25-2)10-6-18/h3-10,19,24H,11-16H2,1-2H3/t19-/m0/s1. The molecule has 1 heterocycles. The third kappa shape index (κ3) is 5.13. The van der Waals surface area contributed by atoms with Crippen LogP contribution in [0.1, 0.15) is 5.56 Å². The van der Waals surface area contributed by atoms with Crippen LogP contribution in [0.4, 0.5) is 5.69 Å². The minimum atomic E-state index is -0.483. The second-order valence-electron chi connectivity index (χ2n) is 6.76. The van der Waals surface area contributed by atoms with Crippen LogP contribution < -0.4 is 14.4 Å². The van der Waals surface area contributed by atoms with Crippen LogP contribution in [0, 0.1) is 6.92 Å². The number of aliphatic hydroxyl groups excluding tert-OH is 1. The second kappa shape index (κ2) is 8.92. The molecule has 1 atom stereocenters. The molecule has 1 fully saturated rings. The van der Waals surface area contributed by atoms with Crippen molar-refractivity contribution in [2.75, 3.05) is 51.3 Å². The highest BCUT2D eigenvalue weighted by atomic mass is 16.5. The molecule has 3 rings (SSSR count). The van der Waals surface area contributed by atoms with Gasteiger partial charge in [-0.1, -0.05) is 17.7 Å². The van der Waals surface area contributed by atoms with Gasteiger partial charge in [0.15, 0.2) is 0 Å². The highest BCUT2D eigenvalue weighted by Crippen LogP contribution is 2.20. The van der Waals surface area contributed by atoms with E-state index >= 15 is 0 Å². The van der Waals surface area contributed by atoms with Crippen molar-refractivity contribution in [3.05, 3.63) is 54.1 Å². The van der Waals surface area contributed by atoms with Crippen molar-refractivity contribution >= 4 is 5.69 Å². The monoisotopic (exact) mass is 356 g/mol. The summed E-state index contributed by atoms with van der Waals surface area (Å²) in [7, 11) is 1.68. The van der Waals surface area contributed by atoms with E-state index in [4.69, 9.17) is 9.47 Å². The minimum Gasteiger partial charge on any atom is -0.497 e. The van der Waals surface area contributed by atoms with E-state index in [1.165, 1.54) is 11.3 Å². The number of methoxy groups -OCH3 is 1. The molecule has 140 valence electrons. The lowest BCUT2D eigenvalue weighted by atomic mass is 10.2. The fraction of sp³-hybridized carbons (Fsp3) is 0.429. The van der Waals surface area contributed by atoms with E-state index in [9.17, 15) is 5.11 Å². The predicted octanol–water partition coefficient (Wildman–Crippen LogP) is 2.57. The van der Waals surface area contributed by atoms with E-state index < -0.39 is 6.10 Å². The molecule has 1 N–H and O–H groups in total. The first kappa shape index (κ1) is 18.5. The highest BCUT2D eigenvalue weighted by Gasteiger charge is 2.19.